The van der Waals surface area contributed by atoms with Gasteiger partial charge in [-0.25, -0.2) is 0 Å². The Kier molecular flexibility index (Phi) is 5.33. The van der Waals surface area contributed by atoms with Crippen LogP contribution in [-0.2, 0) is 4.79 Å². The molecule has 1 aliphatic carbocycles. The van der Waals surface area contributed by atoms with Crippen molar-refractivity contribution in [1.82, 2.24) is 10.2 Å². The number of para-hydroxylation sites is 1. The second-order valence-corrected chi connectivity index (χ2v) is 7.63. The van der Waals surface area contributed by atoms with Crippen LogP contribution in [0.25, 0.3) is 11.1 Å². The Morgan fingerprint density at radius 1 is 0.964 bits per heavy atom. The summed E-state index contributed by atoms with van der Waals surface area (Å²) >= 11 is 0. The lowest BCUT2D eigenvalue weighted by atomic mass is 9.95. The molecule has 28 heavy (non-hydrogen) atoms. The van der Waals surface area contributed by atoms with Gasteiger partial charge in [0, 0.05) is 36.2 Å². The van der Waals surface area contributed by atoms with Crippen LogP contribution in [0, 0.1) is 5.92 Å². The number of rotatable bonds is 5. The molecule has 2 aliphatic rings. The van der Waals surface area contributed by atoms with Gasteiger partial charge >= 0.3 is 0 Å². The fraction of sp³-hybridized carbons (Fsp3) is 0.391. The molecule has 1 saturated heterocycles. The summed E-state index contributed by atoms with van der Waals surface area (Å²) in [6, 6.07) is 15.9. The zero-order valence-corrected chi connectivity index (χ0v) is 16.2. The molecule has 2 aromatic rings. The highest BCUT2D eigenvalue weighted by atomic mass is 16.5. The van der Waals surface area contributed by atoms with Crippen LogP contribution in [-0.4, -0.2) is 43.0 Å². The molecule has 2 fully saturated rings. The highest BCUT2D eigenvalue weighted by Gasteiger charge is 2.31. The predicted octanol–water partition coefficient (Wildman–Crippen LogP) is 3.49. The van der Waals surface area contributed by atoms with Gasteiger partial charge in [0.1, 0.15) is 5.75 Å². The summed E-state index contributed by atoms with van der Waals surface area (Å²) in [7, 11) is 1.66. The van der Waals surface area contributed by atoms with E-state index in [1.54, 1.807) is 7.11 Å². The standard InChI is InChI=1S/C23H26N2O3/c1-28-21-5-3-2-4-20(21)16-6-8-18(9-7-16)23(27)25-14-12-17(13-15-25)22(26)24-19-10-11-19/h2-9,17,19H,10-15H2,1H3,(H,24,26). The zero-order valence-electron chi connectivity index (χ0n) is 16.2. The van der Waals surface area contributed by atoms with E-state index in [-0.39, 0.29) is 17.7 Å². The SMILES string of the molecule is COc1ccccc1-c1ccc(C(=O)N2CCC(C(=O)NC3CC3)CC2)cc1. The van der Waals surface area contributed by atoms with Gasteiger partial charge in [-0.15, -0.1) is 0 Å². The second kappa shape index (κ2) is 8.05. The first kappa shape index (κ1) is 18.5. The van der Waals surface area contributed by atoms with E-state index in [0.29, 0.717) is 24.7 Å². The molecule has 0 radical (unpaired) electrons. The number of hydrogen-bond donors (Lipinski definition) is 1. The van der Waals surface area contributed by atoms with Crippen molar-refractivity contribution < 1.29 is 14.3 Å². The molecular formula is C23H26N2O3. The zero-order chi connectivity index (χ0) is 19.5. The van der Waals surface area contributed by atoms with Gasteiger partial charge in [-0.05, 0) is 49.4 Å². The highest BCUT2D eigenvalue weighted by Crippen LogP contribution is 2.30. The van der Waals surface area contributed by atoms with Crippen LogP contribution in [0.1, 0.15) is 36.0 Å². The number of amides is 2. The lowest BCUT2D eigenvalue weighted by molar-refractivity contribution is -0.126. The number of piperidine rings is 1. The van der Waals surface area contributed by atoms with Crippen molar-refractivity contribution in [3.8, 4) is 16.9 Å². The van der Waals surface area contributed by atoms with Crippen molar-refractivity contribution in [3.05, 3.63) is 54.1 Å². The van der Waals surface area contributed by atoms with Gasteiger partial charge in [0.25, 0.3) is 5.91 Å². The van der Waals surface area contributed by atoms with Crippen LogP contribution >= 0.6 is 0 Å². The van der Waals surface area contributed by atoms with Crippen LogP contribution in [0.5, 0.6) is 5.75 Å². The average Bonchev–Trinajstić information content (AvgIpc) is 3.57. The number of likely N-dealkylation sites (tertiary alicyclic amines) is 1. The first-order chi connectivity index (χ1) is 13.7. The molecule has 0 atom stereocenters. The van der Waals surface area contributed by atoms with Gasteiger partial charge in [-0.3, -0.25) is 9.59 Å². The van der Waals surface area contributed by atoms with Crippen molar-refractivity contribution in [2.45, 2.75) is 31.7 Å². The maximum absolute atomic E-state index is 12.8. The minimum Gasteiger partial charge on any atom is -0.496 e. The van der Waals surface area contributed by atoms with E-state index in [1.165, 1.54) is 0 Å². The smallest absolute Gasteiger partial charge is 0.253 e. The van der Waals surface area contributed by atoms with Crippen molar-refractivity contribution >= 4 is 11.8 Å². The molecule has 4 rings (SSSR count). The monoisotopic (exact) mass is 378 g/mol. The Morgan fingerprint density at radius 3 is 2.29 bits per heavy atom. The van der Waals surface area contributed by atoms with Gasteiger partial charge in [0.15, 0.2) is 0 Å². The van der Waals surface area contributed by atoms with E-state index in [4.69, 9.17) is 4.74 Å². The summed E-state index contributed by atoms with van der Waals surface area (Å²) in [6.07, 6.45) is 3.69. The third-order valence-electron chi connectivity index (χ3n) is 5.63. The molecule has 5 heteroatoms. The molecule has 5 nitrogen and oxygen atoms in total. The molecule has 1 N–H and O–H groups in total. The Morgan fingerprint density at radius 2 is 1.64 bits per heavy atom. The van der Waals surface area contributed by atoms with E-state index >= 15 is 0 Å². The van der Waals surface area contributed by atoms with Crippen LogP contribution in [0.4, 0.5) is 0 Å². The molecule has 0 unspecified atom stereocenters. The van der Waals surface area contributed by atoms with E-state index in [0.717, 1.165) is 42.6 Å². The molecule has 146 valence electrons. The quantitative estimate of drug-likeness (QED) is 0.866. The first-order valence-electron chi connectivity index (χ1n) is 9.99. The van der Waals surface area contributed by atoms with E-state index < -0.39 is 0 Å². The van der Waals surface area contributed by atoms with Crippen LogP contribution in [0.15, 0.2) is 48.5 Å². The fourth-order valence-corrected chi connectivity index (χ4v) is 3.75. The summed E-state index contributed by atoms with van der Waals surface area (Å²) in [4.78, 5) is 26.9. The average molecular weight is 378 g/mol. The summed E-state index contributed by atoms with van der Waals surface area (Å²) in [6.45, 7) is 1.27. The van der Waals surface area contributed by atoms with E-state index in [2.05, 4.69) is 5.32 Å². The molecule has 1 heterocycles. The summed E-state index contributed by atoms with van der Waals surface area (Å²) < 4.78 is 5.42. The number of benzene rings is 2. The maximum Gasteiger partial charge on any atom is 0.253 e. The highest BCUT2D eigenvalue weighted by molar-refractivity contribution is 5.95. The molecule has 1 saturated carbocycles. The predicted molar refractivity (Wildman–Crippen MR) is 108 cm³/mol. The number of carbonyl (C=O) groups excluding carboxylic acids is 2. The van der Waals surface area contributed by atoms with Crippen molar-refractivity contribution in [3.63, 3.8) is 0 Å². The van der Waals surface area contributed by atoms with Crippen LogP contribution in [0.3, 0.4) is 0 Å². The fourth-order valence-electron chi connectivity index (χ4n) is 3.75. The summed E-state index contributed by atoms with van der Waals surface area (Å²) in [5.74, 6) is 1.05. The minimum absolute atomic E-state index is 0.0348. The topological polar surface area (TPSA) is 58.6 Å². The molecule has 2 amide bonds. The van der Waals surface area contributed by atoms with E-state index in [9.17, 15) is 9.59 Å². The van der Waals surface area contributed by atoms with Gasteiger partial charge in [-0.1, -0.05) is 30.3 Å². The molecule has 1 aliphatic heterocycles. The molecular weight excluding hydrogens is 352 g/mol. The Labute approximate surface area is 165 Å². The first-order valence-corrected chi connectivity index (χ1v) is 9.99. The van der Waals surface area contributed by atoms with Crippen molar-refractivity contribution in [2.75, 3.05) is 20.2 Å². The number of nitrogens with zero attached hydrogens (tertiary/aromatic N) is 1. The lowest BCUT2D eigenvalue weighted by Crippen LogP contribution is -2.43. The largest absolute Gasteiger partial charge is 0.496 e. The second-order valence-electron chi connectivity index (χ2n) is 7.63. The van der Waals surface area contributed by atoms with Gasteiger partial charge in [-0.2, -0.15) is 0 Å². The Balaban J connectivity index is 1.38. The number of hydrogen-bond acceptors (Lipinski definition) is 3. The molecule has 0 aromatic heterocycles. The maximum atomic E-state index is 12.8. The van der Waals surface area contributed by atoms with Crippen LogP contribution < -0.4 is 10.1 Å². The molecule has 0 bridgehead atoms. The lowest BCUT2D eigenvalue weighted by Gasteiger charge is -2.31. The van der Waals surface area contributed by atoms with Crippen molar-refractivity contribution in [1.29, 1.82) is 0 Å². The van der Waals surface area contributed by atoms with Gasteiger partial charge < -0.3 is 15.0 Å². The molecule has 0 spiro atoms. The Bertz CT molecular complexity index is 850. The number of ether oxygens (including phenoxy) is 1. The third kappa shape index (κ3) is 4.03. The summed E-state index contributed by atoms with van der Waals surface area (Å²) in [5, 5.41) is 3.08. The number of methoxy groups -OCH3 is 1. The number of carbonyl (C=O) groups is 2. The van der Waals surface area contributed by atoms with Gasteiger partial charge in [0.05, 0.1) is 7.11 Å². The number of nitrogens with one attached hydrogen (secondary N) is 1. The van der Waals surface area contributed by atoms with Crippen LogP contribution in [0.2, 0.25) is 0 Å². The Hall–Kier alpha value is -2.82. The third-order valence-corrected chi connectivity index (χ3v) is 5.63. The minimum atomic E-state index is 0.0348. The van der Waals surface area contributed by atoms with E-state index in [1.807, 2.05) is 53.4 Å². The summed E-state index contributed by atoms with van der Waals surface area (Å²) in [5.41, 5.74) is 2.70. The van der Waals surface area contributed by atoms with Gasteiger partial charge in [0.2, 0.25) is 5.91 Å². The normalized spacial score (nSPS) is 17.2. The molecule has 2 aromatic carbocycles. The van der Waals surface area contributed by atoms with Crippen molar-refractivity contribution in [2.24, 2.45) is 5.92 Å².